The molecule has 1 N–H and O–H groups in total. The van der Waals surface area contributed by atoms with Crippen molar-refractivity contribution in [2.24, 2.45) is 0 Å². The van der Waals surface area contributed by atoms with Crippen molar-refractivity contribution in [2.45, 2.75) is 50.7 Å². The van der Waals surface area contributed by atoms with E-state index in [0.29, 0.717) is 5.56 Å². The quantitative estimate of drug-likeness (QED) is 0.386. The number of nitrogens with one attached hydrogen (secondary N) is 1. The number of rotatable bonds is 11. The molecule has 3 rings (SSSR count). The molecule has 3 aromatic rings. The molecular weight excluding hydrogens is 512 g/mol. The van der Waals surface area contributed by atoms with E-state index in [2.05, 4.69) is 5.32 Å². The number of carbonyl (C=O) groups excluding carboxylic acids is 2. The Balaban J connectivity index is 2.03. The molecule has 0 aliphatic heterocycles. The normalized spacial score (nSPS) is 12.2. The number of anilines is 1. The summed E-state index contributed by atoms with van der Waals surface area (Å²) in [6, 6.07) is 16.8. The fraction of sp³-hybridized carbons (Fsp3) is 0.286. The number of amides is 2. The van der Waals surface area contributed by atoms with Crippen LogP contribution < -0.4 is 9.62 Å². The van der Waals surface area contributed by atoms with Crippen LogP contribution in [0.1, 0.15) is 32.8 Å². The van der Waals surface area contributed by atoms with E-state index >= 15 is 0 Å². The average Bonchev–Trinajstić information content (AvgIpc) is 2.88. The van der Waals surface area contributed by atoms with E-state index in [1.165, 1.54) is 29.2 Å². The van der Waals surface area contributed by atoms with Crippen molar-refractivity contribution in [3.63, 3.8) is 0 Å². The summed E-state index contributed by atoms with van der Waals surface area (Å²) in [6.45, 7) is 4.69. The van der Waals surface area contributed by atoms with Gasteiger partial charge in [0.15, 0.2) is 0 Å². The first kappa shape index (κ1) is 28.8. The molecule has 0 aromatic heterocycles. The average molecular weight is 544 g/mol. The summed E-state index contributed by atoms with van der Waals surface area (Å²) in [7, 11) is -4.28. The zero-order valence-corrected chi connectivity index (χ0v) is 22.3. The Bertz CT molecular complexity index is 1330. The second kappa shape index (κ2) is 12.6. The van der Waals surface area contributed by atoms with Gasteiger partial charge in [-0.3, -0.25) is 13.9 Å². The number of hydrogen-bond donors (Lipinski definition) is 1. The third-order valence-corrected chi connectivity index (χ3v) is 7.60. The lowest BCUT2D eigenvalue weighted by Crippen LogP contribution is -2.53. The Morgan fingerprint density at radius 2 is 1.42 bits per heavy atom. The molecule has 0 unspecified atom stereocenters. The summed E-state index contributed by atoms with van der Waals surface area (Å²) in [5.41, 5.74) is 0.801. The van der Waals surface area contributed by atoms with Gasteiger partial charge in [-0.25, -0.2) is 17.2 Å². The number of benzene rings is 3. The van der Waals surface area contributed by atoms with Gasteiger partial charge < -0.3 is 10.2 Å². The van der Waals surface area contributed by atoms with Crippen molar-refractivity contribution in [3.05, 3.63) is 96.1 Å². The zero-order valence-electron chi connectivity index (χ0n) is 21.5. The molecule has 10 heteroatoms. The first-order valence-electron chi connectivity index (χ1n) is 12.2. The smallest absolute Gasteiger partial charge is 0.264 e. The van der Waals surface area contributed by atoms with Crippen LogP contribution in [0.4, 0.5) is 14.5 Å². The van der Waals surface area contributed by atoms with Gasteiger partial charge in [0, 0.05) is 12.6 Å². The molecule has 0 heterocycles. The van der Waals surface area contributed by atoms with Crippen LogP contribution in [0.3, 0.4) is 0 Å². The molecule has 2 amide bonds. The fourth-order valence-electron chi connectivity index (χ4n) is 3.94. The van der Waals surface area contributed by atoms with Gasteiger partial charge in [-0.2, -0.15) is 0 Å². The highest BCUT2D eigenvalue weighted by Crippen LogP contribution is 2.25. The minimum Gasteiger partial charge on any atom is -0.352 e. The topological polar surface area (TPSA) is 86.8 Å². The van der Waals surface area contributed by atoms with Crippen LogP contribution in [0.5, 0.6) is 0 Å². The lowest BCUT2D eigenvalue weighted by Gasteiger charge is -2.33. The zero-order chi connectivity index (χ0) is 27.9. The van der Waals surface area contributed by atoms with Crippen molar-refractivity contribution >= 4 is 27.5 Å². The fourth-order valence-corrected chi connectivity index (χ4v) is 5.36. The van der Waals surface area contributed by atoms with Crippen LogP contribution in [-0.4, -0.2) is 43.8 Å². The van der Waals surface area contributed by atoms with E-state index in [0.717, 1.165) is 28.6 Å². The molecule has 0 saturated heterocycles. The van der Waals surface area contributed by atoms with Gasteiger partial charge in [-0.05, 0) is 74.4 Å². The standard InChI is InChI=1S/C28H31F2N3O4S/c1-4-26(28(35)31-20(2)3)32(18-21-10-12-22(29)13-11-21)27(34)19-33(24-8-6-5-7-9-24)38(36,37)25-16-14-23(30)15-17-25/h5-17,20,26H,4,18-19H2,1-3H3,(H,31,35)/t26-/m0/s1. The van der Waals surface area contributed by atoms with Crippen molar-refractivity contribution in [1.29, 1.82) is 0 Å². The van der Waals surface area contributed by atoms with Crippen LogP contribution >= 0.6 is 0 Å². The summed E-state index contributed by atoms with van der Waals surface area (Å²) in [5, 5.41) is 2.81. The third kappa shape index (κ3) is 7.16. The highest BCUT2D eigenvalue weighted by atomic mass is 32.2. The number of para-hydroxylation sites is 1. The number of sulfonamides is 1. The van der Waals surface area contributed by atoms with Gasteiger partial charge in [0.25, 0.3) is 10.0 Å². The lowest BCUT2D eigenvalue weighted by molar-refractivity contribution is -0.140. The Morgan fingerprint density at radius 3 is 1.95 bits per heavy atom. The number of nitrogens with zero attached hydrogens (tertiary/aromatic N) is 2. The van der Waals surface area contributed by atoms with Crippen LogP contribution in [-0.2, 0) is 26.2 Å². The van der Waals surface area contributed by atoms with Gasteiger partial charge in [0.1, 0.15) is 24.2 Å². The van der Waals surface area contributed by atoms with E-state index in [4.69, 9.17) is 0 Å². The predicted octanol–water partition coefficient (Wildman–Crippen LogP) is 4.49. The molecule has 0 spiro atoms. The van der Waals surface area contributed by atoms with E-state index in [-0.39, 0.29) is 35.5 Å². The van der Waals surface area contributed by atoms with Crippen LogP contribution in [0.25, 0.3) is 0 Å². The summed E-state index contributed by atoms with van der Waals surface area (Å²) in [6.07, 6.45) is 0.265. The minimum absolute atomic E-state index is 0.0393. The molecular formula is C28H31F2N3O4S. The molecule has 202 valence electrons. The summed E-state index contributed by atoms with van der Waals surface area (Å²) >= 11 is 0. The summed E-state index contributed by atoms with van der Waals surface area (Å²) < 4.78 is 55.2. The van der Waals surface area contributed by atoms with E-state index in [9.17, 15) is 26.8 Å². The molecule has 0 saturated carbocycles. The van der Waals surface area contributed by atoms with Gasteiger partial charge in [-0.15, -0.1) is 0 Å². The van der Waals surface area contributed by atoms with Crippen LogP contribution in [0.2, 0.25) is 0 Å². The van der Waals surface area contributed by atoms with Gasteiger partial charge in [0.05, 0.1) is 10.6 Å². The predicted molar refractivity (Wildman–Crippen MR) is 142 cm³/mol. The van der Waals surface area contributed by atoms with Gasteiger partial charge >= 0.3 is 0 Å². The van der Waals surface area contributed by atoms with Crippen LogP contribution in [0, 0.1) is 11.6 Å². The largest absolute Gasteiger partial charge is 0.352 e. The Labute approximate surface area is 222 Å². The molecule has 1 atom stereocenters. The van der Waals surface area contributed by atoms with Gasteiger partial charge in [-0.1, -0.05) is 37.3 Å². The molecule has 3 aromatic carbocycles. The Hall–Kier alpha value is -3.79. The maximum Gasteiger partial charge on any atom is 0.264 e. The summed E-state index contributed by atoms with van der Waals surface area (Å²) in [5.74, 6) is -2.06. The maximum absolute atomic E-state index is 13.8. The molecule has 38 heavy (non-hydrogen) atoms. The summed E-state index contributed by atoms with van der Waals surface area (Å²) in [4.78, 5) is 28.0. The van der Waals surface area contributed by atoms with E-state index in [1.807, 2.05) is 0 Å². The Morgan fingerprint density at radius 1 is 0.868 bits per heavy atom. The SMILES string of the molecule is CC[C@@H](C(=O)NC(C)C)N(Cc1ccc(F)cc1)C(=O)CN(c1ccccc1)S(=O)(=O)c1ccc(F)cc1. The van der Waals surface area contributed by atoms with Gasteiger partial charge in [0.2, 0.25) is 11.8 Å². The molecule has 0 aliphatic carbocycles. The molecule has 0 aliphatic rings. The first-order valence-corrected chi connectivity index (χ1v) is 13.6. The maximum atomic E-state index is 13.8. The second-order valence-corrected chi connectivity index (χ2v) is 10.9. The molecule has 0 bridgehead atoms. The molecule has 0 fully saturated rings. The minimum atomic E-state index is -4.28. The van der Waals surface area contributed by atoms with E-state index in [1.54, 1.807) is 51.1 Å². The first-order chi connectivity index (χ1) is 18.0. The number of halogens is 2. The van der Waals surface area contributed by atoms with Crippen molar-refractivity contribution < 1.29 is 26.8 Å². The molecule has 0 radical (unpaired) electrons. The number of hydrogen-bond acceptors (Lipinski definition) is 4. The molecule has 7 nitrogen and oxygen atoms in total. The Kier molecular flexibility index (Phi) is 9.57. The monoisotopic (exact) mass is 543 g/mol. The van der Waals surface area contributed by atoms with Crippen molar-refractivity contribution in [3.8, 4) is 0 Å². The highest BCUT2D eigenvalue weighted by molar-refractivity contribution is 7.92. The number of carbonyl (C=O) groups is 2. The van der Waals surface area contributed by atoms with Crippen molar-refractivity contribution in [2.75, 3.05) is 10.8 Å². The third-order valence-electron chi connectivity index (χ3n) is 5.81. The second-order valence-electron chi connectivity index (χ2n) is 9.04. The van der Waals surface area contributed by atoms with Crippen molar-refractivity contribution in [1.82, 2.24) is 10.2 Å². The van der Waals surface area contributed by atoms with E-state index < -0.39 is 40.2 Å². The van der Waals surface area contributed by atoms with Crippen LogP contribution in [0.15, 0.2) is 83.8 Å². The lowest BCUT2D eigenvalue weighted by atomic mass is 10.1. The highest BCUT2D eigenvalue weighted by Gasteiger charge is 2.33.